The van der Waals surface area contributed by atoms with Gasteiger partial charge in [0.2, 0.25) is 0 Å². The summed E-state index contributed by atoms with van der Waals surface area (Å²) < 4.78 is 6.33. The molecular weight excluding hydrogens is 306 g/mol. The Morgan fingerprint density at radius 3 is 2.91 bits per heavy atom. The van der Waals surface area contributed by atoms with Gasteiger partial charge in [0.1, 0.15) is 0 Å². The van der Waals surface area contributed by atoms with Crippen LogP contribution < -0.4 is 5.73 Å². The fraction of sp³-hybridized carbons (Fsp3) is 0.611. The van der Waals surface area contributed by atoms with Crippen LogP contribution in [0.1, 0.15) is 35.1 Å². The van der Waals surface area contributed by atoms with E-state index in [1.54, 1.807) is 18.1 Å². The number of thiophene rings is 1. The van der Waals surface area contributed by atoms with E-state index < -0.39 is 0 Å². The van der Waals surface area contributed by atoms with Gasteiger partial charge in [0.25, 0.3) is 0 Å². The van der Waals surface area contributed by atoms with Crippen LogP contribution in [0.15, 0.2) is 22.8 Å². The molecule has 1 aromatic heterocycles. The average Bonchev–Trinajstić information content (AvgIpc) is 3.01. The number of ether oxygens (including phenoxy) is 1. The van der Waals surface area contributed by atoms with Gasteiger partial charge >= 0.3 is 0 Å². The van der Waals surface area contributed by atoms with Crippen molar-refractivity contribution < 1.29 is 4.74 Å². The first-order valence-corrected chi connectivity index (χ1v) is 9.33. The molecule has 1 spiro atoms. The number of nitrogens with zero attached hydrogens (tertiary/aromatic N) is 2. The summed E-state index contributed by atoms with van der Waals surface area (Å²) in [5.74, 6) is 0. The quantitative estimate of drug-likeness (QED) is 0.862. The van der Waals surface area contributed by atoms with Crippen molar-refractivity contribution in [2.24, 2.45) is 10.7 Å². The van der Waals surface area contributed by atoms with E-state index in [1.165, 1.54) is 10.4 Å². The number of piperidine rings is 1. The van der Waals surface area contributed by atoms with Crippen molar-refractivity contribution in [3.8, 4) is 0 Å². The molecule has 2 N–H and O–H groups in total. The van der Waals surface area contributed by atoms with Gasteiger partial charge < -0.3 is 10.5 Å². The molecule has 0 radical (unpaired) electrons. The third-order valence-electron chi connectivity index (χ3n) is 4.99. The van der Waals surface area contributed by atoms with Gasteiger partial charge in [-0.05, 0) is 42.7 Å². The van der Waals surface area contributed by atoms with Crippen molar-refractivity contribution in [2.75, 3.05) is 33.3 Å². The van der Waals surface area contributed by atoms with Crippen LogP contribution in [0.5, 0.6) is 0 Å². The number of aryl methyl sites for hydroxylation is 1. The monoisotopic (exact) mass is 333 g/mol. The molecule has 0 unspecified atom stereocenters. The Morgan fingerprint density at radius 2 is 2.26 bits per heavy atom. The highest BCUT2D eigenvalue weighted by Gasteiger charge is 2.41. The molecule has 1 fully saturated rings. The summed E-state index contributed by atoms with van der Waals surface area (Å²) in [5.41, 5.74) is 8.21. The number of hydrogen-bond acceptors (Lipinski definition) is 5. The topological polar surface area (TPSA) is 50.8 Å². The number of hydrogen-bond donors (Lipinski definition) is 1. The summed E-state index contributed by atoms with van der Waals surface area (Å²) in [5, 5.41) is 0. The summed E-state index contributed by atoms with van der Waals surface area (Å²) >= 11 is 1.99. The van der Waals surface area contributed by atoms with Crippen LogP contribution in [0.4, 0.5) is 0 Å². The maximum absolute atomic E-state index is 6.33. The minimum absolute atomic E-state index is 0.0422. The Bertz CT molecular complexity index is 597. The molecule has 0 aliphatic carbocycles. The van der Waals surface area contributed by atoms with Crippen molar-refractivity contribution in [3.05, 3.63) is 33.2 Å². The van der Waals surface area contributed by atoms with E-state index in [9.17, 15) is 0 Å². The lowest BCUT2D eigenvalue weighted by Crippen LogP contribution is -2.46. The van der Waals surface area contributed by atoms with Gasteiger partial charge in [-0.1, -0.05) is 6.92 Å². The first-order chi connectivity index (χ1) is 11.2. The molecule has 0 saturated carbocycles. The summed E-state index contributed by atoms with van der Waals surface area (Å²) in [4.78, 5) is 9.58. The predicted molar refractivity (Wildman–Crippen MR) is 97.4 cm³/mol. The van der Waals surface area contributed by atoms with Crippen molar-refractivity contribution in [2.45, 2.75) is 38.2 Å². The first kappa shape index (κ1) is 16.7. The average molecular weight is 334 g/mol. The lowest BCUT2D eigenvalue weighted by molar-refractivity contribution is -0.0959. The molecule has 0 aromatic carbocycles. The van der Waals surface area contributed by atoms with Gasteiger partial charge in [0.05, 0.1) is 12.2 Å². The van der Waals surface area contributed by atoms with E-state index >= 15 is 0 Å². The Labute approximate surface area is 143 Å². The van der Waals surface area contributed by atoms with E-state index in [0.29, 0.717) is 0 Å². The van der Waals surface area contributed by atoms with Crippen LogP contribution in [0.25, 0.3) is 0 Å². The third kappa shape index (κ3) is 3.37. The lowest BCUT2D eigenvalue weighted by atomic mass is 9.82. The number of rotatable bonds is 4. The van der Waals surface area contributed by atoms with Gasteiger partial charge in [0, 0.05) is 49.1 Å². The molecule has 2 aliphatic heterocycles. The fourth-order valence-corrected chi connectivity index (χ4v) is 4.87. The third-order valence-corrected chi connectivity index (χ3v) is 6.32. The van der Waals surface area contributed by atoms with Gasteiger partial charge in [-0.25, -0.2) is 0 Å². The molecule has 5 heteroatoms. The molecule has 3 rings (SSSR count). The largest absolute Gasteiger partial charge is 0.404 e. The van der Waals surface area contributed by atoms with Crippen LogP contribution in [0, 0.1) is 0 Å². The molecule has 4 nitrogen and oxygen atoms in total. The molecule has 0 bridgehead atoms. The van der Waals surface area contributed by atoms with E-state index in [1.807, 2.05) is 17.6 Å². The summed E-state index contributed by atoms with van der Waals surface area (Å²) in [6.45, 7) is 6.08. The second kappa shape index (κ2) is 7.16. The van der Waals surface area contributed by atoms with Gasteiger partial charge in [-0.15, -0.1) is 11.3 Å². The Kier molecular flexibility index (Phi) is 5.19. The molecule has 0 amide bonds. The molecule has 1 saturated heterocycles. The number of nitrogens with two attached hydrogens (primary N) is 1. The van der Waals surface area contributed by atoms with E-state index in [4.69, 9.17) is 10.5 Å². The number of fused-ring (bicyclic) bond motifs is 2. The van der Waals surface area contributed by atoms with E-state index in [-0.39, 0.29) is 5.60 Å². The maximum atomic E-state index is 6.33. The van der Waals surface area contributed by atoms with Crippen LogP contribution in [0.2, 0.25) is 0 Å². The van der Waals surface area contributed by atoms with Crippen LogP contribution in [0.3, 0.4) is 0 Å². The van der Waals surface area contributed by atoms with Gasteiger partial charge in [-0.2, -0.15) is 0 Å². The molecule has 1 aromatic rings. The zero-order valence-corrected chi connectivity index (χ0v) is 15.0. The molecule has 3 heterocycles. The summed E-state index contributed by atoms with van der Waals surface area (Å²) in [6, 6.07) is 2.41. The first-order valence-electron chi connectivity index (χ1n) is 8.52. The summed E-state index contributed by atoms with van der Waals surface area (Å²) in [7, 11) is 1.79. The predicted octanol–water partition coefficient (Wildman–Crippen LogP) is 2.72. The smallest absolute Gasteiger partial charge is 0.0966 e. The fourth-order valence-electron chi connectivity index (χ4n) is 3.69. The van der Waals surface area contributed by atoms with Gasteiger partial charge in [0.15, 0.2) is 0 Å². The second-order valence-corrected chi connectivity index (χ2v) is 7.62. The van der Waals surface area contributed by atoms with Crippen molar-refractivity contribution in [3.63, 3.8) is 0 Å². The van der Waals surface area contributed by atoms with Crippen molar-refractivity contribution >= 4 is 17.6 Å². The minimum Gasteiger partial charge on any atom is -0.404 e. The van der Waals surface area contributed by atoms with Crippen molar-refractivity contribution in [1.82, 2.24) is 4.90 Å². The Balaban J connectivity index is 1.70. The zero-order valence-electron chi connectivity index (χ0n) is 14.2. The van der Waals surface area contributed by atoms with Crippen LogP contribution in [-0.4, -0.2) is 44.4 Å². The standard InChI is InChI=1S/C18H27N3OS/c1-3-15-10-16-17(23-15)4-9-22-18(16)5-7-21(8-6-18)13-14(11-19)12-20-2/h10-12H,3-9,13,19H2,1-2H3. The molecule has 2 aliphatic rings. The van der Waals surface area contributed by atoms with E-state index in [0.717, 1.165) is 57.5 Å². The maximum Gasteiger partial charge on any atom is 0.0966 e. The van der Waals surface area contributed by atoms with E-state index in [2.05, 4.69) is 22.9 Å². The van der Waals surface area contributed by atoms with Crippen molar-refractivity contribution in [1.29, 1.82) is 0 Å². The Hall–Kier alpha value is -1.17. The highest BCUT2D eigenvalue weighted by atomic mass is 32.1. The lowest BCUT2D eigenvalue weighted by Gasteiger charge is -2.44. The summed E-state index contributed by atoms with van der Waals surface area (Å²) in [6.07, 6.45) is 7.87. The normalized spacial score (nSPS) is 21.9. The number of aliphatic imine (C=N–C) groups is 1. The highest BCUT2D eigenvalue weighted by molar-refractivity contribution is 7.12. The van der Waals surface area contributed by atoms with Crippen LogP contribution in [-0.2, 0) is 23.2 Å². The second-order valence-electron chi connectivity index (χ2n) is 6.40. The highest BCUT2D eigenvalue weighted by Crippen LogP contribution is 2.44. The SMILES string of the molecule is CCc1cc2c(s1)CCOC21CCN(CC(C=NC)=CN)CC1. The molecular formula is C18H27N3OS. The van der Waals surface area contributed by atoms with Gasteiger partial charge in [-0.3, -0.25) is 9.89 Å². The minimum atomic E-state index is -0.0422. The molecule has 0 atom stereocenters. The zero-order chi connectivity index (χ0) is 16.3. The number of likely N-dealkylation sites (tertiary alicyclic amines) is 1. The molecule has 23 heavy (non-hydrogen) atoms. The van der Waals surface area contributed by atoms with Crippen LogP contribution >= 0.6 is 11.3 Å². The Morgan fingerprint density at radius 1 is 1.48 bits per heavy atom. The molecule has 126 valence electrons.